The Kier molecular flexibility index (Phi) is 4.86. The largest absolute Gasteiger partial charge is 0.497 e. The predicted molar refractivity (Wildman–Crippen MR) is 98.6 cm³/mol. The van der Waals surface area contributed by atoms with Gasteiger partial charge in [0.15, 0.2) is 11.5 Å². The van der Waals surface area contributed by atoms with E-state index in [0.717, 1.165) is 30.6 Å². The lowest BCUT2D eigenvalue weighted by molar-refractivity contribution is -0.127. The van der Waals surface area contributed by atoms with Gasteiger partial charge in [-0.2, -0.15) is 4.52 Å². The maximum atomic E-state index is 11.8. The van der Waals surface area contributed by atoms with Gasteiger partial charge < -0.3 is 14.8 Å². The van der Waals surface area contributed by atoms with Crippen LogP contribution in [0, 0.1) is 5.92 Å². The lowest BCUT2D eigenvalue weighted by Crippen LogP contribution is -2.36. The second-order valence-corrected chi connectivity index (χ2v) is 6.46. The average molecular weight is 367 g/mol. The third-order valence-electron chi connectivity index (χ3n) is 4.69. The first-order valence-corrected chi connectivity index (χ1v) is 9.02. The normalized spacial score (nSPS) is 14.0. The number of hydrogen-bond donors (Lipinski definition) is 1. The number of ether oxygens (including phenoxy) is 2. The molecule has 0 bridgehead atoms. The minimum atomic E-state index is 0.118. The fourth-order valence-electron chi connectivity index (χ4n) is 2.94. The lowest BCUT2D eigenvalue weighted by atomic mass is 9.85. The zero-order chi connectivity index (χ0) is 18.6. The molecule has 2 aromatic heterocycles. The van der Waals surface area contributed by atoms with Crippen LogP contribution in [0.25, 0.3) is 17.0 Å². The molecule has 2 heterocycles. The number of rotatable bonds is 7. The van der Waals surface area contributed by atoms with E-state index in [0.29, 0.717) is 30.5 Å². The Morgan fingerprint density at radius 1 is 1.26 bits per heavy atom. The number of nitrogens with zero attached hydrogens (tertiary/aromatic N) is 4. The highest BCUT2D eigenvalue weighted by molar-refractivity contribution is 5.79. The molecule has 1 N–H and O–H groups in total. The smallest absolute Gasteiger partial charge is 0.231 e. The van der Waals surface area contributed by atoms with Gasteiger partial charge in [0.2, 0.25) is 11.8 Å². The van der Waals surface area contributed by atoms with Crippen molar-refractivity contribution in [2.75, 3.05) is 20.3 Å². The van der Waals surface area contributed by atoms with Crippen molar-refractivity contribution >= 4 is 11.6 Å². The first kappa shape index (κ1) is 17.3. The van der Waals surface area contributed by atoms with Gasteiger partial charge in [-0.15, -0.1) is 15.3 Å². The molecule has 8 nitrogen and oxygen atoms in total. The van der Waals surface area contributed by atoms with Crippen LogP contribution in [-0.2, 0) is 4.79 Å². The summed E-state index contributed by atoms with van der Waals surface area (Å²) in [6, 6.07) is 11.1. The number of aromatic nitrogens is 4. The van der Waals surface area contributed by atoms with Gasteiger partial charge >= 0.3 is 0 Å². The van der Waals surface area contributed by atoms with Gasteiger partial charge in [0.05, 0.1) is 13.7 Å². The van der Waals surface area contributed by atoms with Crippen molar-refractivity contribution in [3.8, 4) is 23.0 Å². The van der Waals surface area contributed by atoms with Gasteiger partial charge in [0, 0.05) is 17.5 Å². The second-order valence-electron chi connectivity index (χ2n) is 6.46. The molecule has 0 spiro atoms. The number of methoxy groups -OCH3 is 1. The number of fused-ring (bicyclic) bond motifs is 1. The summed E-state index contributed by atoms with van der Waals surface area (Å²) in [5.41, 5.74) is 1.47. The molecule has 0 saturated heterocycles. The van der Waals surface area contributed by atoms with Crippen LogP contribution in [0.1, 0.15) is 19.3 Å². The Morgan fingerprint density at radius 2 is 2.15 bits per heavy atom. The van der Waals surface area contributed by atoms with Gasteiger partial charge in [-0.05, 0) is 31.0 Å². The van der Waals surface area contributed by atoms with Crippen LogP contribution in [0.15, 0.2) is 36.4 Å². The Morgan fingerprint density at radius 3 is 2.93 bits per heavy atom. The van der Waals surface area contributed by atoms with Gasteiger partial charge in [-0.1, -0.05) is 18.6 Å². The zero-order valence-corrected chi connectivity index (χ0v) is 15.1. The quantitative estimate of drug-likeness (QED) is 0.643. The van der Waals surface area contributed by atoms with Crippen molar-refractivity contribution in [2.45, 2.75) is 19.3 Å². The highest BCUT2D eigenvalue weighted by Gasteiger charge is 2.24. The van der Waals surface area contributed by atoms with E-state index in [1.54, 1.807) is 23.8 Å². The lowest BCUT2D eigenvalue weighted by Gasteiger charge is -2.23. The Balaban J connectivity index is 1.44. The molecular weight excluding hydrogens is 346 g/mol. The molecule has 1 amide bonds. The molecule has 1 fully saturated rings. The third-order valence-corrected chi connectivity index (χ3v) is 4.69. The van der Waals surface area contributed by atoms with Crippen LogP contribution in [0.2, 0.25) is 0 Å². The summed E-state index contributed by atoms with van der Waals surface area (Å²) in [5, 5.41) is 15.7. The molecule has 4 rings (SSSR count). The SMILES string of the molecule is COc1cccc(-c2nnc3ccc(OCCNC(=O)C4CCC4)nn23)c1. The first-order chi connectivity index (χ1) is 13.2. The summed E-state index contributed by atoms with van der Waals surface area (Å²) in [5.74, 6) is 2.09. The van der Waals surface area contributed by atoms with E-state index >= 15 is 0 Å². The monoisotopic (exact) mass is 367 g/mol. The van der Waals surface area contributed by atoms with Crippen LogP contribution in [0.4, 0.5) is 0 Å². The van der Waals surface area contributed by atoms with E-state index < -0.39 is 0 Å². The molecule has 0 unspecified atom stereocenters. The molecule has 1 aliphatic carbocycles. The Hall–Kier alpha value is -3.16. The zero-order valence-electron chi connectivity index (χ0n) is 15.1. The number of amides is 1. The van der Waals surface area contributed by atoms with E-state index in [9.17, 15) is 4.79 Å². The number of carbonyl (C=O) groups is 1. The van der Waals surface area contributed by atoms with Crippen molar-refractivity contribution < 1.29 is 14.3 Å². The van der Waals surface area contributed by atoms with Crippen LogP contribution >= 0.6 is 0 Å². The van der Waals surface area contributed by atoms with Crippen molar-refractivity contribution in [2.24, 2.45) is 5.92 Å². The van der Waals surface area contributed by atoms with Crippen LogP contribution in [0.3, 0.4) is 0 Å². The van der Waals surface area contributed by atoms with E-state index in [1.807, 2.05) is 24.3 Å². The van der Waals surface area contributed by atoms with Gasteiger partial charge in [0.1, 0.15) is 12.4 Å². The van der Waals surface area contributed by atoms with E-state index in [1.165, 1.54) is 0 Å². The van der Waals surface area contributed by atoms with E-state index in [2.05, 4.69) is 20.6 Å². The summed E-state index contributed by atoms with van der Waals surface area (Å²) >= 11 is 0. The minimum Gasteiger partial charge on any atom is -0.497 e. The predicted octanol–water partition coefficient (Wildman–Crippen LogP) is 2.09. The Labute approximate surface area is 156 Å². The fraction of sp³-hybridized carbons (Fsp3) is 0.368. The summed E-state index contributed by atoms with van der Waals surface area (Å²) in [6.07, 6.45) is 3.13. The van der Waals surface area contributed by atoms with Gasteiger partial charge in [-0.25, -0.2) is 0 Å². The molecule has 0 aliphatic heterocycles. The third kappa shape index (κ3) is 3.69. The van der Waals surface area contributed by atoms with E-state index in [-0.39, 0.29) is 11.8 Å². The van der Waals surface area contributed by atoms with Crippen LogP contribution < -0.4 is 14.8 Å². The van der Waals surface area contributed by atoms with Crippen molar-refractivity contribution in [1.82, 2.24) is 25.1 Å². The summed E-state index contributed by atoms with van der Waals surface area (Å²) in [7, 11) is 1.62. The number of nitrogens with one attached hydrogen (secondary N) is 1. The molecule has 3 aromatic rings. The van der Waals surface area contributed by atoms with Crippen LogP contribution in [-0.4, -0.2) is 46.0 Å². The van der Waals surface area contributed by atoms with Crippen molar-refractivity contribution in [3.63, 3.8) is 0 Å². The summed E-state index contributed by atoms with van der Waals surface area (Å²) in [4.78, 5) is 11.8. The summed E-state index contributed by atoms with van der Waals surface area (Å²) < 4.78 is 12.6. The average Bonchev–Trinajstić information content (AvgIpc) is 3.07. The number of hydrogen-bond acceptors (Lipinski definition) is 6. The van der Waals surface area contributed by atoms with Gasteiger partial charge in [0.25, 0.3) is 0 Å². The fourth-order valence-corrected chi connectivity index (χ4v) is 2.94. The molecule has 0 radical (unpaired) electrons. The first-order valence-electron chi connectivity index (χ1n) is 9.02. The highest BCUT2D eigenvalue weighted by atomic mass is 16.5. The Bertz CT molecular complexity index is 951. The summed E-state index contributed by atoms with van der Waals surface area (Å²) in [6.45, 7) is 0.813. The molecule has 0 atom stereocenters. The molecule has 140 valence electrons. The number of carbonyl (C=O) groups excluding carboxylic acids is 1. The van der Waals surface area contributed by atoms with Gasteiger partial charge in [-0.3, -0.25) is 4.79 Å². The van der Waals surface area contributed by atoms with Crippen molar-refractivity contribution in [3.05, 3.63) is 36.4 Å². The maximum Gasteiger partial charge on any atom is 0.231 e. The highest BCUT2D eigenvalue weighted by Crippen LogP contribution is 2.26. The van der Waals surface area contributed by atoms with Crippen molar-refractivity contribution in [1.29, 1.82) is 0 Å². The molecule has 1 aliphatic rings. The molecule has 27 heavy (non-hydrogen) atoms. The second kappa shape index (κ2) is 7.61. The van der Waals surface area contributed by atoms with Crippen LogP contribution in [0.5, 0.6) is 11.6 Å². The van der Waals surface area contributed by atoms with E-state index in [4.69, 9.17) is 9.47 Å². The minimum absolute atomic E-state index is 0.118. The maximum absolute atomic E-state index is 11.8. The number of benzene rings is 1. The molecular formula is C19H21N5O3. The standard InChI is InChI=1S/C19H21N5O3/c1-26-15-7-3-6-14(12-15)18-22-21-16-8-9-17(23-24(16)18)27-11-10-20-19(25)13-4-2-5-13/h3,6-9,12-13H,2,4-5,10-11H2,1H3,(H,20,25). The molecule has 8 heteroatoms. The topological polar surface area (TPSA) is 90.6 Å². The molecule has 1 saturated carbocycles. The molecule has 1 aromatic carbocycles.